The number of fused-ring (bicyclic) bond motifs is 1. The van der Waals surface area contributed by atoms with E-state index in [-0.39, 0.29) is 11.7 Å². The zero-order chi connectivity index (χ0) is 9.26. The smallest absolute Gasteiger partial charge is 0.179 e. The molecule has 13 heavy (non-hydrogen) atoms. The van der Waals surface area contributed by atoms with E-state index in [0.717, 1.165) is 0 Å². The lowest BCUT2D eigenvalue weighted by Crippen LogP contribution is -2.00. The number of Topliss-reactive ketones (excluding diaryl/α,β-unsaturated/α-hetero) is 1. The van der Waals surface area contributed by atoms with E-state index < -0.39 is 0 Å². The van der Waals surface area contributed by atoms with Crippen LogP contribution in [0, 0.1) is 0 Å². The van der Waals surface area contributed by atoms with Crippen LogP contribution in [-0.2, 0) is 0 Å². The van der Waals surface area contributed by atoms with E-state index in [1.54, 1.807) is 18.2 Å². The average molecular weight is 196 g/mol. The van der Waals surface area contributed by atoms with Crippen molar-refractivity contribution in [1.29, 1.82) is 0 Å². The Morgan fingerprint density at radius 2 is 2.31 bits per heavy atom. The van der Waals surface area contributed by atoms with Crippen LogP contribution in [0.1, 0.15) is 10.4 Å². The second kappa shape index (κ2) is 3.14. The Balaban J connectivity index is 2.67. The monoisotopic (exact) mass is 195 g/mol. The largest absolute Gasteiger partial charge is 0.293 e. The van der Waals surface area contributed by atoms with Gasteiger partial charge in [0.15, 0.2) is 5.78 Å². The van der Waals surface area contributed by atoms with Crippen molar-refractivity contribution in [2.75, 3.05) is 5.88 Å². The van der Waals surface area contributed by atoms with Gasteiger partial charge >= 0.3 is 0 Å². The van der Waals surface area contributed by atoms with E-state index >= 15 is 0 Å². The van der Waals surface area contributed by atoms with Crippen LogP contribution in [0.4, 0.5) is 0 Å². The lowest BCUT2D eigenvalue weighted by atomic mass is 10.1. The van der Waals surface area contributed by atoms with Crippen LogP contribution in [0.25, 0.3) is 11.0 Å². The summed E-state index contributed by atoms with van der Waals surface area (Å²) in [7, 11) is 0. The number of para-hydroxylation sites is 1. The van der Waals surface area contributed by atoms with Crippen LogP contribution < -0.4 is 0 Å². The lowest BCUT2D eigenvalue weighted by molar-refractivity contribution is 0.102. The highest BCUT2D eigenvalue weighted by atomic mass is 35.5. The van der Waals surface area contributed by atoms with Gasteiger partial charge in [0.05, 0.1) is 5.88 Å². The summed E-state index contributed by atoms with van der Waals surface area (Å²) in [4.78, 5) is 11.3. The number of ketones is 1. The number of hydrogen-bond donors (Lipinski definition) is 1. The van der Waals surface area contributed by atoms with E-state index in [1.807, 2.05) is 0 Å². The molecule has 0 bridgehead atoms. The van der Waals surface area contributed by atoms with Crippen LogP contribution in [0.3, 0.4) is 0 Å². The van der Waals surface area contributed by atoms with Crippen LogP contribution in [0.2, 0.25) is 0 Å². The van der Waals surface area contributed by atoms with Crippen molar-refractivity contribution in [3.63, 3.8) is 0 Å². The molecule has 0 spiro atoms. The molecule has 0 unspecified atom stereocenters. The number of nitrogens with zero attached hydrogens (tertiary/aromatic N) is 2. The topological polar surface area (TPSA) is 58.6 Å². The molecule has 2 rings (SSSR count). The summed E-state index contributed by atoms with van der Waals surface area (Å²) in [6.07, 6.45) is 0. The predicted molar refractivity (Wildman–Crippen MR) is 48.9 cm³/mol. The van der Waals surface area contributed by atoms with E-state index in [4.69, 9.17) is 11.6 Å². The van der Waals surface area contributed by atoms with Gasteiger partial charge in [0.2, 0.25) is 0 Å². The highest BCUT2D eigenvalue weighted by Gasteiger charge is 2.10. The van der Waals surface area contributed by atoms with Gasteiger partial charge in [-0.05, 0) is 12.1 Å². The quantitative estimate of drug-likeness (QED) is 0.582. The molecular weight excluding hydrogens is 190 g/mol. The van der Waals surface area contributed by atoms with Crippen molar-refractivity contribution in [3.8, 4) is 0 Å². The summed E-state index contributed by atoms with van der Waals surface area (Å²) in [6, 6.07) is 5.23. The minimum absolute atomic E-state index is 0.0357. The van der Waals surface area contributed by atoms with Gasteiger partial charge in [0, 0.05) is 5.56 Å². The number of H-pyrrole nitrogens is 1. The Hall–Kier alpha value is -1.42. The van der Waals surface area contributed by atoms with Crippen LogP contribution in [0.5, 0.6) is 0 Å². The fourth-order valence-corrected chi connectivity index (χ4v) is 1.31. The minimum atomic E-state index is -0.138. The van der Waals surface area contributed by atoms with Gasteiger partial charge in [0.1, 0.15) is 11.0 Å². The third-order valence-corrected chi connectivity index (χ3v) is 2.01. The number of aromatic amines is 1. The zero-order valence-electron chi connectivity index (χ0n) is 6.62. The SMILES string of the molecule is O=C(CCl)c1cccc2n[nH]nc12. The van der Waals surface area contributed by atoms with Crippen LogP contribution >= 0.6 is 11.6 Å². The van der Waals surface area contributed by atoms with E-state index in [9.17, 15) is 4.79 Å². The molecule has 4 nitrogen and oxygen atoms in total. The first-order valence-electron chi connectivity index (χ1n) is 3.71. The first-order valence-corrected chi connectivity index (χ1v) is 4.25. The molecule has 0 aliphatic heterocycles. The van der Waals surface area contributed by atoms with Crippen molar-refractivity contribution in [2.24, 2.45) is 0 Å². The number of rotatable bonds is 2. The minimum Gasteiger partial charge on any atom is -0.293 e. The molecule has 5 heteroatoms. The maximum atomic E-state index is 11.3. The summed E-state index contributed by atoms with van der Waals surface area (Å²) in [5, 5.41) is 10.2. The summed E-state index contributed by atoms with van der Waals surface area (Å²) in [5.74, 6) is -0.174. The standard InChI is InChI=1S/C8H6ClN3O/c9-4-7(13)5-2-1-3-6-8(5)11-12-10-6/h1-3H,4H2,(H,10,11,12). The van der Waals surface area contributed by atoms with Gasteiger partial charge in [-0.15, -0.1) is 11.6 Å². The third kappa shape index (κ3) is 1.29. The van der Waals surface area contributed by atoms with Crippen molar-refractivity contribution in [3.05, 3.63) is 23.8 Å². The summed E-state index contributed by atoms with van der Waals surface area (Å²) < 4.78 is 0. The van der Waals surface area contributed by atoms with E-state index in [0.29, 0.717) is 16.6 Å². The van der Waals surface area contributed by atoms with Crippen molar-refractivity contribution in [2.45, 2.75) is 0 Å². The van der Waals surface area contributed by atoms with Gasteiger partial charge in [0.25, 0.3) is 0 Å². The van der Waals surface area contributed by atoms with Crippen molar-refractivity contribution in [1.82, 2.24) is 15.4 Å². The second-order valence-electron chi connectivity index (χ2n) is 2.55. The Morgan fingerprint density at radius 1 is 1.46 bits per heavy atom. The molecular formula is C8H6ClN3O. The normalized spacial score (nSPS) is 10.5. The molecule has 0 radical (unpaired) electrons. The number of benzene rings is 1. The number of hydrogen-bond acceptors (Lipinski definition) is 3. The molecule has 1 aromatic heterocycles. The molecule has 0 amide bonds. The second-order valence-corrected chi connectivity index (χ2v) is 2.82. The number of aromatic nitrogens is 3. The fraction of sp³-hybridized carbons (Fsp3) is 0.125. The molecule has 66 valence electrons. The number of carbonyl (C=O) groups is 1. The average Bonchev–Trinajstić information content (AvgIpc) is 2.63. The number of alkyl halides is 1. The number of halogens is 1. The molecule has 0 aliphatic rings. The Morgan fingerprint density at radius 3 is 3.08 bits per heavy atom. The highest BCUT2D eigenvalue weighted by Crippen LogP contribution is 2.14. The molecule has 1 heterocycles. The molecule has 1 N–H and O–H groups in total. The van der Waals surface area contributed by atoms with E-state index in [1.165, 1.54) is 0 Å². The first kappa shape index (κ1) is 8.19. The van der Waals surface area contributed by atoms with Gasteiger partial charge in [-0.3, -0.25) is 4.79 Å². The summed E-state index contributed by atoms with van der Waals surface area (Å²) in [6.45, 7) is 0. The Bertz CT molecular complexity index is 451. The van der Waals surface area contributed by atoms with Gasteiger partial charge in [-0.2, -0.15) is 15.4 Å². The maximum Gasteiger partial charge on any atom is 0.179 e. The van der Waals surface area contributed by atoms with Gasteiger partial charge < -0.3 is 0 Å². The van der Waals surface area contributed by atoms with Crippen molar-refractivity contribution < 1.29 is 4.79 Å². The molecule has 0 atom stereocenters. The fourth-order valence-electron chi connectivity index (χ4n) is 1.16. The predicted octanol–water partition coefficient (Wildman–Crippen LogP) is 1.38. The van der Waals surface area contributed by atoms with Crippen LogP contribution in [-0.4, -0.2) is 27.1 Å². The first-order chi connectivity index (χ1) is 6.33. The molecule has 0 saturated heterocycles. The number of nitrogens with one attached hydrogen (secondary N) is 1. The number of carbonyl (C=O) groups excluding carboxylic acids is 1. The summed E-state index contributed by atoms with van der Waals surface area (Å²) >= 11 is 5.45. The summed E-state index contributed by atoms with van der Waals surface area (Å²) in [5.41, 5.74) is 1.77. The lowest BCUT2D eigenvalue weighted by Gasteiger charge is -1.95. The molecule has 0 aliphatic carbocycles. The van der Waals surface area contributed by atoms with Crippen molar-refractivity contribution >= 4 is 28.4 Å². The molecule has 0 saturated carbocycles. The Kier molecular flexibility index (Phi) is 1.98. The molecule has 1 aromatic carbocycles. The van der Waals surface area contributed by atoms with E-state index in [2.05, 4.69) is 15.4 Å². The van der Waals surface area contributed by atoms with Gasteiger partial charge in [-0.25, -0.2) is 0 Å². The zero-order valence-corrected chi connectivity index (χ0v) is 7.38. The maximum absolute atomic E-state index is 11.3. The molecule has 2 aromatic rings. The molecule has 0 fully saturated rings. The Labute approximate surface area is 78.9 Å². The highest BCUT2D eigenvalue weighted by molar-refractivity contribution is 6.31. The van der Waals surface area contributed by atoms with Gasteiger partial charge in [-0.1, -0.05) is 6.07 Å². The van der Waals surface area contributed by atoms with Crippen LogP contribution in [0.15, 0.2) is 18.2 Å². The third-order valence-electron chi connectivity index (χ3n) is 1.77.